The number of aliphatic imine (C=N–C) groups is 1. The van der Waals surface area contributed by atoms with Gasteiger partial charge in [0.2, 0.25) is 0 Å². The van der Waals surface area contributed by atoms with Crippen LogP contribution < -0.4 is 15.7 Å². The highest BCUT2D eigenvalue weighted by Gasteiger charge is 2.15. The second kappa shape index (κ2) is 9.30. The van der Waals surface area contributed by atoms with Crippen LogP contribution in [0.15, 0.2) is 65.7 Å². The lowest BCUT2D eigenvalue weighted by Crippen LogP contribution is -2.27. The molecule has 0 saturated carbocycles. The normalized spacial score (nSPS) is 11.2. The first-order chi connectivity index (χ1) is 10.8. The highest BCUT2D eigenvalue weighted by Crippen LogP contribution is 2.29. The standard InChI is InChI=1S/C18H19N2PS/c1-3-4-15-22-18(19-2)20-21(16-11-7-5-8-12-16)17-13-9-6-10-14-17/h1,5-14H,4,15H2,2H3,(H,19,20). The number of nitrogens with zero attached hydrogens (tertiary/aromatic N) is 1. The highest BCUT2D eigenvalue weighted by molar-refractivity contribution is 8.14. The van der Waals surface area contributed by atoms with Crippen LogP contribution in [0, 0.1) is 12.3 Å². The molecule has 0 aliphatic heterocycles. The summed E-state index contributed by atoms with van der Waals surface area (Å²) in [7, 11) is 1.14. The van der Waals surface area contributed by atoms with Gasteiger partial charge in [0.1, 0.15) is 0 Å². The molecule has 0 bridgehead atoms. The van der Waals surface area contributed by atoms with Gasteiger partial charge < -0.3 is 5.09 Å². The van der Waals surface area contributed by atoms with Gasteiger partial charge in [0.05, 0.1) is 8.07 Å². The molecule has 22 heavy (non-hydrogen) atoms. The lowest BCUT2D eigenvalue weighted by atomic mass is 10.4. The Morgan fingerprint density at radius 3 is 2.09 bits per heavy atom. The summed E-state index contributed by atoms with van der Waals surface area (Å²) in [6.45, 7) is 0. The Morgan fingerprint density at radius 1 is 1.09 bits per heavy atom. The molecule has 0 amide bonds. The van der Waals surface area contributed by atoms with Gasteiger partial charge in [-0.3, -0.25) is 4.99 Å². The topological polar surface area (TPSA) is 24.4 Å². The monoisotopic (exact) mass is 326 g/mol. The molecular formula is C18H19N2PS. The van der Waals surface area contributed by atoms with Gasteiger partial charge in [0, 0.05) is 29.8 Å². The third kappa shape index (κ3) is 4.91. The molecule has 0 spiro atoms. The molecule has 112 valence electrons. The van der Waals surface area contributed by atoms with E-state index in [2.05, 4.69) is 64.5 Å². The number of thioether (sulfide) groups is 1. The van der Waals surface area contributed by atoms with Crippen molar-refractivity contribution in [3.63, 3.8) is 0 Å². The van der Waals surface area contributed by atoms with E-state index in [1.54, 1.807) is 11.8 Å². The van der Waals surface area contributed by atoms with Crippen molar-refractivity contribution in [2.75, 3.05) is 12.8 Å². The van der Waals surface area contributed by atoms with Crippen LogP contribution in [0.2, 0.25) is 0 Å². The fourth-order valence-corrected chi connectivity index (χ4v) is 4.74. The van der Waals surface area contributed by atoms with Crippen molar-refractivity contribution in [1.82, 2.24) is 5.09 Å². The van der Waals surface area contributed by atoms with Gasteiger partial charge >= 0.3 is 0 Å². The van der Waals surface area contributed by atoms with Crippen LogP contribution >= 0.6 is 19.8 Å². The highest BCUT2D eigenvalue weighted by atomic mass is 32.2. The Morgan fingerprint density at radius 2 is 1.64 bits per heavy atom. The third-order valence-electron chi connectivity index (χ3n) is 2.92. The fourth-order valence-electron chi connectivity index (χ4n) is 1.88. The first kappa shape index (κ1) is 16.6. The Balaban J connectivity index is 2.20. The van der Waals surface area contributed by atoms with Gasteiger partial charge in [0.15, 0.2) is 5.17 Å². The fraction of sp³-hybridized carbons (Fsp3) is 0.167. The number of rotatable bonds is 5. The van der Waals surface area contributed by atoms with Crippen molar-refractivity contribution < 1.29 is 0 Å². The first-order valence-electron chi connectivity index (χ1n) is 7.05. The van der Waals surface area contributed by atoms with Gasteiger partial charge in [-0.25, -0.2) is 0 Å². The summed E-state index contributed by atoms with van der Waals surface area (Å²) < 4.78 is 0. The van der Waals surface area contributed by atoms with E-state index < -0.39 is 8.07 Å². The number of nitrogens with one attached hydrogen (secondary N) is 1. The molecule has 2 nitrogen and oxygen atoms in total. The molecule has 0 aromatic heterocycles. The largest absolute Gasteiger partial charge is 0.336 e. The van der Waals surface area contributed by atoms with Crippen molar-refractivity contribution >= 4 is 35.6 Å². The number of terminal acetylenes is 1. The van der Waals surface area contributed by atoms with Crippen molar-refractivity contribution in [1.29, 1.82) is 0 Å². The molecule has 0 aliphatic carbocycles. The van der Waals surface area contributed by atoms with E-state index in [0.717, 1.165) is 17.3 Å². The predicted octanol–water partition coefficient (Wildman–Crippen LogP) is 3.37. The second-order valence-corrected chi connectivity index (χ2v) is 7.46. The molecule has 2 rings (SSSR count). The van der Waals surface area contributed by atoms with Gasteiger partial charge in [-0.1, -0.05) is 72.4 Å². The maximum atomic E-state index is 5.32. The molecule has 2 aromatic rings. The summed E-state index contributed by atoms with van der Waals surface area (Å²) in [6, 6.07) is 21.0. The molecule has 0 heterocycles. The smallest absolute Gasteiger partial charge is 0.160 e. The zero-order valence-corrected chi connectivity index (χ0v) is 14.3. The van der Waals surface area contributed by atoms with Crippen molar-refractivity contribution in [2.45, 2.75) is 6.42 Å². The average Bonchev–Trinajstić information content (AvgIpc) is 2.59. The van der Waals surface area contributed by atoms with E-state index >= 15 is 0 Å². The van der Waals surface area contributed by atoms with Crippen LogP contribution in [-0.2, 0) is 0 Å². The Hall–Kier alpha value is -1.75. The average molecular weight is 326 g/mol. The lowest BCUT2D eigenvalue weighted by molar-refractivity contribution is 1.30. The summed E-state index contributed by atoms with van der Waals surface area (Å²) in [4.78, 5) is 4.37. The van der Waals surface area contributed by atoms with Crippen LogP contribution in [0.5, 0.6) is 0 Å². The number of hydrogen-bond acceptors (Lipinski definition) is 2. The molecule has 1 N–H and O–H groups in total. The van der Waals surface area contributed by atoms with Crippen molar-refractivity contribution in [3.8, 4) is 12.3 Å². The van der Waals surface area contributed by atoms with Crippen LogP contribution in [0.25, 0.3) is 0 Å². The van der Waals surface area contributed by atoms with Crippen molar-refractivity contribution in [2.24, 2.45) is 4.99 Å². The minimum atomic E-state index is -0.670. The van der Waals surface area contributed by atoms with E-state index in [4.69, 9.17) is 6.42 Å². The maximum absolute atomic E-state index is 5.32. The van der Waals surface area contributed by atoms with Gasteiger partial charge in [-0.2, -0.15) is 0 Å². The van der Waals surface area contributed by atoms with Crippen LogP contribution in [0.4, 0.5) is 0 Å². The molecule has 0 unspecified atom stereocenters. The molecule has 4 heteroatoms. The molecule has 0 fully saturated rings. The van der Waals surface area contributed by atoms with Gasteiger partial charge in [-0.05, 0) is 0 Å². The van der Waals surface area contributed by atoms with E-state index in [1.165, 1.54) is 10.6 Å². The molecule has 0 atom stereocenters. The zero-order valence-electron chi connectivity index (χ0n) is 12.6. The zero-order chi connectivity index (χ0) is 15.6. The van der Waals surface area contributed by atoms with Crippen molar-refractivity contribution in [3.05, 3.63) is 60.7 Å². The van der Waals surface area contributed by atoms with Crippen LogP contribution in [0.3, 0.4) is 0 Å². The Kier molecular flexibility index (Phi) is 7.03. The summed E-state index contributed by atoms with van der Waals surface area (Å²) >= 11 is 1.68. The van der Waals surface area contributed by atoms with Crippen LogP contribution in [-0.4, -0.2) is 18.0 Å². The number of amidine groups is 1. The van der Waals surface area contributed by atoms with Gasteiger partial charge in [0.25, 0.3) is 0 Å². The quantitative estimate of drug-likeness (QED) is 0.299. The Labute approximate surface area is 138 Å². The predicted molar refractivity (Wildman–Crippen MR) is 101 cm³/mol. The van der Waals surface area contributed by atoms with Gasteiger partial charge in [-0.15, -0.1) is 12.3 Å². The van der Waals surface area contributed by atoms with Crippen LogP contribution in [0.1, 0.15) is 6.42 Å². The molecular weight excluding hydrogens is 307 g/mol. The summed E-state index contributed by atoms with van der Waals surface area (Å²) in [5.41, 5.74) is 0. The van der Waals surface area contributed by atoms with E-state index in [9.17, 15) is 0 Å². The second-order valence-electron chi connectivity index (χ2n) is 4.45. The minimum absolute atomic E-state index is 0.670. The first-order valence-corrected chi connectivity index (χ1v) is 9.38. The maximum Gasteiger partial charge on any atom is 0.160 e. The molecule has 2 aromatic carbocycles. The molecule has 0 radical (unpaired) electrons. The number of hydrogen-bond donors (Lipinski definition) is 1. The Bertz CT molecular complexity index is 596. The minimum Gasteiger partial charge on any atom is -0.336 e. The molecule has 0 aliphatic rings. The summed E-state index contributed by atoms with van der Waals surface area (Å²) in [5.74, 6) is 3.54. The van der Waals surface area contributed by atoms with E-state index in [0.29, 0.717) is 0 Å². The lowest BCUT2D eigenvalue weighted by Gasteiger charge is -2.21. The summed E-state index contributed by atoms with van der Waals surface area (Å²) in [6.07, 6.45) is 6.07. The third-order valence-corrected chi connectivity index (χ3v) is 6.11. The molecule has 0 saturated heterocycles. The van der Waals surface area contributed by atoms with E-state index in [-0.39, 0.29) is 0 Å². The number of benzene rings is 2. The van der Waals surface area contributed by atoms with E-state index in [1.807, 2.05) is 19.2 Å². The summed E-state index contributed by atoms with van der Waals surface area (Å²) in [5, 5.41) is 7.10. The SMILES string of the molecule is C#CCCSC(=NC)NP(c1ccccc1)c1ccccc1.